The average molecular weight is 412 g/mol. The van der Waals surface area contributed by atoms with Crippen LogP contribution in [0.25, 0.3) is 44.0 Å². The Morgan fingerprint density at radius 1 is 1.04 bits per heavy atom. The minimum absolute atomic E-state index is 0.294. The monoisotopic (exact) mass is 411 g/mol. The second kappa shape index (κ2) is 6.06. The molecule has 0 unspecified atom stereocenters. The molecule has 2 heterocycles. The number of imidazole rings is 1. The van der Waals surface area contributed by atoms with E-state index in [1.54, 1.807) is 36.5 Å². The molecule has 1 N–H and O–H groups in total. The van der Waals surface area contributed by atoms with Gasteiger partial charge in [-0.05, 0) is 36.4 Å². The summed E-state index contributed by atoms with van der Waals surface area (Å²) in [6.07, 6.45) is 1.56. The van der Waals surface area contributed by atoms with Crippen LogP contribution in [-0.4, -0.2) is 14.5 Å². The number of H-pyrrole nitrogens is 1. The third kappa shape index (κ3) is 2.30. The fourth-order valence-electron chi connectivity index (χ4n) is 3.80. The van der Waals surface area contributed by atoms with Crippen molar-refractivity contribution in [1.29, 1.82) is 0 Å². The molecule has 0 bridgehead atoms. The standard InChI is InChI=1S/C21H12Cl2FN3O/c1-27-19-11-6-5-10(24)9-13(11)16-12(7-8-25-21(16)28)18(19)26-20(27)17-14(22)3-2-4-15(17)23/h2-9H,1H3,(H,25,28). The van der Waals surface area contributed by atoms with Gasteiger partial charge in [-0.2, -0.15) is 0 Å². The maximum Gasteiger partial charge on any atom is 0.256 e. The zero-order valence-electron chi connectivity index (χ0n) is 14.6. The van der Waals surface area contributed by atoms with Crippen molar-refractivity contribution >= 4 is 55.8 Å². The first kappa shape index (κ1) is 17.2. The second-order valence-electron chi connectivity index (χ2n) is 6.57. The Hall–Kier alpha value is -2.89. The summed E-state index contributed by atoms with van der Waals surface area (Å²) < 4.78 is 15.9. The van der Waals surface area contributed by atoms with Crippen molar-refractivity contribution in [3.8, 4) is 11.4 Å². The van der Waals surface area contributed by atoms with Crippen LogP contribution in [0.15, 0.2) is 53.5 Å². The van der Waals surface area contributed by atoms with Crippen molar-refractivity contribution in [2.45, 2.75) is 0 Å². The molecule has 0 aliphatic rings. The smallest absolute Gasteiger partial charge is 0.256 e. The van der Waals surface area contributed by atoms with E-state index in [1.807, 2.05) is 11.6 Å². The fraction of sp³-hybridized carbons (Fsp3) is 0.0476. The minimum Gasteiger partial charge on any atom is -0.329 e. The lowest BCUT2D eigenvalue weighted by molar-refractivity contribution is 0.630. The number of nitrogens with one attached hydrogen (secondary N) is 1. The first-order valence-electron chi connectivity index (χ1n) is 8.51. The van der Waals surface area contributed by atoms with Crippen molar-refractivity contribution in [1.82, 2.24) is 14.5 Å². The number of fused-ring (bicyclic) bond motifs is 6. The average Bonchev–Trinajstić information content (AvgIpc) is 2.99. The van der Waals surface area contributed by atoms with Crippen molar-refractivity contribution in [2.24, 2.45) is 7.05 Å². The molecule has 0 aliphatic heterocycles. The van der Waals surface area contributed by atoms with E-state index in [4.69, 9.17) is 28.2 Å². The molecule has 0 fully saturated rings. The molecule has 2 aromatic heterocycles. The number of pyridine rings is 1. The lowest BCUT2D eigenvalue weighted by Crippen LogP contribution is -2.05. The highest BCUT2D eigenvalue weighted by Crippen LogP contribution is 2.39. The van der Waals surface area contributed by atoms with Crippen LogP contribution in [0.4, 0.5) is 4.39 Å². The van der Waals surface area contributed by atoms with Gasteiger partial charge in [0.2, 0.25) is 0 Å². The normalized spacial score (nSPS) is 11.7. The van der Waals surface area contributed by atoms with E-state index in [9.17, 15) is 9.18 Å². The van der Waals surface area contributed by atoms with Gasteiger partial charge in [0.15, 0.2) is 0 Å². The number of hydrogen-bond acceptors (Lipinski definition) is 2. The van der Waals surface area contributed by atoms with Crippen LogP contribution >= 0.6 is 23.2 Å². The van der Waals surface area contributed by atoms with E-state index in [-0.39, 0.29) is 5.56 Å². The van der Waals surface area contributed by atoms with Crippen LogP contribution in [-0.2, 0) is 7.05 Å². The molecule has 28 heavy (non-hydrogen) atoms. The summed E-state index contributed by atoms with van der Waals surface area (Å²) in [6.45, 7) is 0. The van der Waals surface area contributed by atoms with Gasteiger partial charge in [0.05, 0.1) is 32.0 Å². The molecule has 5 rings (SSSR count). The molecule has 5 aromatic rings. The van der Waals surface area contributed by atoms with Crippen molar-refractivity contribution in [2.75, 3.05) is 0 Å². The summed E-state index contributed by atoms with van der Waals surface area (Å²) in [5.41, 5.74) is 1.73. The molecule has 0 aliphatic carbocycles. The van der Waals surface area contributed by atoms with E-state index < -0.39 is 5.82 Å². The van der Waals surface area contributed by atoms with Gasteiger partial charge in [-0.3, -0.25) is 4.79 Å². The molecular formula is C21H12Cl2FN3O. The maximum atomic E-state index is 14.0. The van der Waals surface area contributed by atoms with Crippen molar-refractivity contribution in [3.63, 3.8) is 0 Å². The molecule has 0 amide bonds. The lowest BCUT2D eigenvalue weighted by Gasteiger charge is -2.09. The molecule has 0 atom stereocenters. The van der Waals surface area contributed by atoms with Crippen LogP contribution in [0, 0.1) is 5.82 Å². The first-order chi connectivity index (χ1) is 13.5. The second-order valence-corrected chi connectivity index (χ2v) is 7.39. The predicted octanol–water partition coefficient (Wildman–Crippen LogP) is 5.68. The zero-order valence-corrected chi connectivity index (χ0v) is 16.1. The molecular weight excluding hydrogens is 400 g/mol. The van der Waals surface area contributed by atoms with E-state index in [2.05, 4.69) is 4.98 Å². The number of nitrogens with zero attached hydrogens (tertiary/aromatic N) is 2. The first-order valence-corrected chi connectivity index (χ1v) is 9.26. The molecule has 7 heteroatoms. The van der Waals surface area contributed by atoms with Gasteiger partial charge in [0.1, 0.15) is 11.6 Å². The van der Waals surface area contributed by atoms with E-state index in [1.165, 1.54) is 12.1 Å². The van der Waals surface area contributed by atoms with Gasteiger partial charge in [-0.1, -0.05) is 29.3 Å². The number of rotatable bonds is 1. The van der Waals surface area contributed by atoms with E-state index in [0.29, 0.717) is 43.1 Å². The van der Waals surface area contributed by atoms with Crippen molar-refractivity contribution < 1.29 is 4.39 Å². The summed E-state index contributed by atoms with van der Waals surface area (Å²) in [4.78, 5) is 20.0. The number of aryl methyl sites for hydroxylation is 1. The third-order valence-corrected chi connectivity index (χ3v) is 5.63. The number of aromatic nitrogens is 3. The summed E-state index contributed by atoms with van der Waals surface area (Å²) in [7, 11) is 1.85. The highest BCUT2D eigenvalue weighted by Gasteiger charge is 2.21. The SMILES string of the molecule is Cn1c(-c2c(Cl)cccc2Cl)nc2c3cc[nH]c(=O)c3c3cc(F)ccc3c21. The highest BCUT2D eigenvalue weighted by atomic mass is 35.5. The van der Waals surface area contributed by atoms with Gasteiger partial charge in [0, 0.05) is 29.4 Å². The Kier molecular flexibility index (Phi) is 3.73. The van der Waals surface area contributed by atoms with Crippen LogP contribution in [0.3, 0.4) is 0 Å². The van der Waals surface area contributed by atoms with Crippen LogP contribution in [0.1, 0.15) is 0 Å². The Bertz CT molecular complexity index is 1470. The summed E-state index contributed by atoms with van der Waals surface area (Å²) in [6, 6.07) is 11.5. The number of aromatic amines is 1. The molecule has 0 spiro atoms. The lowest BCUT2D eigenvalue weighted by atomic mass is 10.0. The number of halogens is 3. The summed E-state index contributed by atoms with van der Waals surface area (Å²) in [5, 5.41) is 3.25. The van der Waals surface area contributed by atoms with Crippen LogP contribution in [0.2, 0.25) is 10.0 Å². The Balaban J connectivity index is 2.07. The van der Waals surface area contributed by atoms with Crippen LogP contribution < -0.4 is 5.56 Å². The van der Waals surface area contributed by atoms with Gasteiger partial charge in [-0.15, -0.1) is 0 Å². The highest BCUT2D eigenvalue weighted by molar-refractivity contribution is 6.39. The largest absolute Gasteiger partial charge is 0.329 e. The van der Waals surface area contributed by atoms with Crippen LogP contribution in [0.5, 0.6) is 0 Å². The topological polar surface area (TPSA) is 50.7 Å². The Morgan fingerprint density at radius 3 is 2.54 bits per heavy atom. The number of hydrogen-bond donors (Lipinski definition) is 1. The predicted molar refractivity (Wildman–Crippen MR) is 112 cm³/mol. The maximum absolute atomic E-state index is 14.0. The van der Waals surface area contributed by atoms with Gasteiger partial charge in [-0.25, -0.2) is 9.37 Å². The molecule has 0 radical (unpaired) electrons. The van der Waals surface area contributed by atoms with E-state index >= 15 is 0 Å². The van der Waals surface area contributed by atoms with Gasteiger partial charge >= 0.3 is 0 Å². The molecule has 4 nitrogen and oxygen atoms in total. The minimum atomic E-state index is -0.409. The van der Waals surface area contributed by atoms with Crippen molar-refractivity contribution in [3.05, 3.63) is 74.9 Å². The van der Waals surface area contributed by atoms with Gasteiger partial charge in [0.25, 0.3) is 5.56 Å². The van der Waals surface area contributed by atoms with Gasteiger partial charge < -0.3 is 9.55 Å². The number of benzene rings is 3. The molecule has 0 saturated heterocycles. The molecule has 0 saturated carbocycles. The fourth-order valence-corrected chi connectivity index (χ4v) is 4.37. The zero-order chi connectivity index (χ0) is 19.6. The Morgan fingerprint density at radius 2 is 1.79 bits per heavy atom. The Labute approximate surface area is 168 Å². The van der Waals surface area contributed by atoms with E-state index in [0.717, 1.165) is 10.9 Å². The third-order valence-electron chi connectivity index (χ3n) is 5.00. The molecule has 138 valence electrons. The quantitative estimate of drug-likeness (QED) is 0.360. The molecule has 3 aromatic carbocycles. The summed E-state index contributed by atoms with van der Waals surface area (Å²) in [5.74, 6) is 0.164. The summed E-state index contributed by atoms with van der Waals surface area (Å²) >= 11 is 12.8.